The number of hydrogen-bond acceptors (Lipinski definition) is 3. The van der Waals surface area contributed by atoms with Gasteiger partial charge in [-0.05, 0) is 62.1 Å². The van der Waals surface area contributed by atoms with Crippen molar-refractivity contribution in [3.05, 3.63) is 59.7 Å². The third-order valence-electron chi connectivity index (χ3n) is 3.85. The maximum Gasteiger partial charge on any atom is 0.133 e. The molecule has 0 aromatic heterocycles. The Bertz CT molecular complexity index is 559. The molecule has 0 spiro atoms. The van der Waals surface area contributed by atoms with Gasteiger partial charge in [0.05, 0.1) is 13.2 Å². The molecule has 0 amide bonds. The molecule has 0 aliphatic carbocycles. The van der Waals surface area contributed by atoms with Gasteiger partial charge in [-0.2, -0.15) is 0 Å². The lowest BCUT2D eigenvalue weighted by molar-refractivity contribution is -0.119. The third kappa shape index (κ3) is 6.07. The van der Waals surface area contributed by atoms with Crippen LogP contribution in [0.25, 0.3) is 0 Å². The van der Waals surface area contributed by atoms with Crippen molar-refractivity contribution >= 4 is 5.78 Å². The number of aryl methyl sites for hydroxylation is 2. The van der Waals surface area contributed by atoms with Gasteiger partial charge in [-0.1, -0.05) is 24.3 Å². The predicted molar refractivity (Wildman–Crippen MR) is 96.9 cm³/mol. The Morgan fingerprint density at radius 2 is 1.08 bits per heavy atom. The van der Waals surface area contributed by atoms with Crippen LogP contribution in [0.15, 0.2) is 48.5 Å². The Labute approximate surface area is 144 Å². The normalized spacial score (nSPS) is 10.4. The molecule has 0 bridgehead atoms. The van der Waals surface area contributed by atoms with Gasteiger partial charge in [0, 0.05) is 12.8 Å². The van der Waals surface area contributed by atoms with E-state index in [1.807, 2.05) is 62.4 Å². The zero-order chi connectivity index (χ0) is 17.2. The number of carbonyl (C=O) groups excluding carboxylic acids is 1. The summed E-state index contributed by atoms with van der Waals surface area (Å²) in [7, 11) is 0. The number of benzene rings is 2. The molecule has 2 aromatic rings. The average molecular weight is 326 g/mol. The van der Waals surface area contributed by atoms with Gasteiger partial charge in [0.2, 0.25) is 0 Å². The van der Waals surface area contributed by atoms with Crippen molar-refractivity contribution in [3.63, 3.8) is 0 Å². The Morgan fingerprint density at radius 1 is 0.708 bits per heavy atom. The lowest BCUT2D eigenvalue weighted by Crippen LogP contribution is -2.02. The fraction of sp³-hybridized carbons (Fsp3) is 0.381. The second kappa shape index (κ2) is 9.76. The molecular formula is C21H26O3. The number of hydrogen-bond donors (Lipinski definition) is 0. The van der Waals surface area contributed by atoms with Crippen molar-refractivity contribution in [2.45, 2.75) is 39.5 Å². The molecule has 3 nitrogen and oxygen atoms in total. The predicted octanol–water partition coefficient (Wildman–Crippen LogP) is 4.62. The minimum Gasteiger partial charge on any atom is -0.494 e. The van der Waals surface area contributed by atoms with Crippen LogP contribution in [0, 0.1) is 0 Å². The molecule has 2 rings (SSSR count). The molecule has 3 heteroatoms. The standard InChI is InChI=1S/C21H26O3/c1-3-23-20-13-7-17(8-14-20)5-11-19(22)12-6-18-9-15-21(16-10-18)24-4-2/h7-10,13-16H,3-6,11-12H2,1-2H3. The van der Waals surface area contributed by atoms with E-state index in [4.69, 9.17) is 9.47 Å². The maximum atomic E-state index is 12.1. The maximum absolute atomic E-state index is 12.1. The van der Waals surface area contributed by atoms with Gasteiger partial charge in [0.1, 0.15) is 17.3 Å². The molecule has 128 valence electrons. The topological polar surface area (TPSA) is 35.5 Å². The zero-order valence-corrected chi connectivity index (χ0v) is 14.6. The van der Waals surface area contributed by atoms with Crippen molar-refractivity contribution in [1.29, 1.82) is 0 Å². The second-order valence-electron chi connectivity index (χ2n) is 5.69. The first-order valence-electron chi connectivity index (χ1n) is 8.66. The molecule has 0 N–H and O–H groups in total. The smallest absolute Gasteiger partial charge is 0.133 e. The molecule has 0 saturated carbocycles. The van der Waals surface area contributed by atoms with Gasteiger partial charge in [-0.3, -0.25) is 4.79 Å². The highest BCUT2D eigenvalue weighted by Crippen LogP contribution is 2.15. The van der Waals surface area contributed by atoms with Crippen LogP contribution in [0.5, 0.6) is 11.5 Å². The monoisotopic (exact) mass is 326 g/mol. The van der Waals surface area contributed by atoms with Crippen LogP contribution in [-0.4, -0.2) is 19.0 Å². The number of carbonyl (C=O) groups is 1. The van der Waals surface area contributed by atoms with E-state index >= 15 is 0 Å². The van der Waals surface area contributed by atoms with E-state index in [9.17, 15) is 4.79 Å². The van der Waals surface area contributed by atoms with Crippen molar-refractivity contribution in [2.75, 3.05) is 13.2 Å². The highest BCUT2D eigenvalue weighted by Gasteiger charge is 2.05. The van der Waals surface area contributed by atoms with Crippen LogP contribution in [0.1, 0.15) is 37.8 Å². The lowest BCUT2D eigenvalue weighted by Gasteiger charge is -2.06. The van der Waals surface area contributed by atoms with Crippen LogP contribution in [-0.2, 0) is 17.6 Å². The van der Waals surface area contributed by atoms with Crippen molar-refractivity contribution in [2.24, 2.45) is 0 Å². The molecule has 0 aliphatic heterocycles. The molecule has 2 aromatic carbocycles. The molecule has 0 heterocycles. The Hall–Kier alpha value is -2.29. The van der Waals surface area contributed by atoms with Crippen LogP contribution in [0.2, 0.25) is 0 Å². The van der Waals surface area contributed by atoms with Crippen LogP contribution in [0.4, 0.5) is 0 Å². The fourth-order valence-electron chi connectivity index (χ4n) is 2.53. The van der Waals surface area contributed by atoms with Crippen LogP contribution >= 0.6 is 0 Å². The average Bonchev–Trinajstić information content (AvgIpc) is 2.61. The lowest BCUT2D eigenvalue weighted by atomic mass is 10.0. The van der Waals surface area contributed by atoms with Crippen LogP contribution in [0.3, 0.4) is 0 Å². The third-order valence-corrected chi connectivity index (χ3v) is 3.85. The summed E-state index contributed by atoms with van der Waals surface area (Å²) in [5.74, 6) is 2.06. The minimum absolute atomic E-state index is 0.303. The summed E-state index contributed by atoms with van der Waals surface area (Å²) in [5, 5.41) is 0. The summed E-state index contributed by atoms with van der Waals surface area (Å²) < 4.78 is 10.8. The van der Waals surface area contributed by atoms with E-state index in [-0.39, 0.29) is 0 Å². The molecule has 0 radical (unpaired) electrons. The van der Waals surface area contributed by atoms with Crippen molar-refractivity contribution in [1.82, 2.24) is 0 Å². The molecule has 0 aliphatic rings. The summed E-state index contributed by atoms with van der Waals surface area (Å²) in [6.07, 6.45) is 2.75. The first-order valence-corrected chi connectivity index (χ1v) is 8.66. The Kier molecular flexibility index (Phi) is 7.34. The molecule has 0 atom stereocenters. The highest BCUT2D eigenvalue weighted by molar-refractivity contribution is 5.78. The second-order valence-corrected chi connectivity index (χ2v) is 5.69. The number of ether oxygens (including phenoxy) is 2. The summed E-state index contributed by atoms with van der Waals surface area (Å²) in [5.41, 5.74) is 2.35. The summed E-state index contributed by atoms with van der Waals surface area (Å²) in [6, 6.07) is 16.0. The Balaban J connectivity index is 1.72. The van der Waals surface area contributed by atoms with E-state index in [2.05, 4.69) is 0 Å². The van der Waals surface area contributed by atoms with Crippen molar-refractivity contribution < 1.29 is 14.3 Å². The highest BCUT2D eigenvalue weighted by atomic mass is 16.5. The van der Waals surface area contributed by atoms with E-state index in [0.29, 0.717) is 31.8 Å². The number of Topliss-reactive ketones (excluding diaryl/α,β-unsaturated/α-hetero) is 1. The molecule has 24 heavy (non-hydrogen) atoms. The summed E-state index contributed by atoms with van der Waals surface area (Å²) in [4.78, 5) is 12.1. The molecule has 0 unspecified atom stereocenters. The molecular weight excluding hydrogens is 300 g/mol. The Morgan fingerprint density at radius 3 is 1.42 bits per heavy atom. The van der Waals surface area contributed by atoms with E-state index in [1.165, 1.54) is 11.1 Å². The van der Waals surface area contributed by atoms with Gasteiger partial charge in [-0.25, -0.2) is 0 Å². The largest absolute Gasteiger partial charge is 0.494 e. The van der Waals surface area contributed by atoms with Gasteiger partial charge >= 0.3 is 0 Å². The zero-order valence-electron chi connectivity index (χ0n) is 14.6. The quantitative estimate of drug-likeness (QED) is 0.639. The SMILES string of the molecule is CCOc1ccc(CCC(=O)CCc2ccc(OCC)cc2)cc1. The first kappa shape index (κ1) is 18.1. The van der Waals surface area contributed by atoms with E-state index in [0.717, 1.165) is 24.3 Å². The van der Waals surface area contributed by atoms with Gasteiger partial charge < -0.3 is 9.47 Å². The fourth-order valence-corrected chi connectivity index (χ4v) is 2.53. The van der Waals surface area contributed by atoms with E-state index < -0.39 is 0 Å². The summed E-state index contributed by atoms with van der Waals surface area (Å²) in [6.45, 7) is 5.28. The minimum atomic E-state index is 0.303. The molecule has 0 fully saturated rings. The van der Waals surface area contributed by atoms with E-state index in [1.54, 1.807) is 0 Å². The van der Waals surface area contributed by atoms with Gasteiger partial charge in [-0.15, -0.1) is 0 Å². The first-order chi connectivity index (χ1) is 11.7. The number of ketones is 1. The van der Waals surface area contributed by atoms with Crippen molar-refractivity contribution in [3.8, 4) is 11.5 Å². The van der Waals surface area contributed by atoms with Gasteiger partial charge in [0.25, 0.3) is 0 Å². The molecule has 0 saturated heterocycles. The number of rotatable bonds is 10. The summed E-state index contributed by atoms with van der Waals surface area (Å²) >= 11 is 0. The van der Waals surface area contributed by atoms with Crippen LogP contribution < -0.4 is 9.47 Å². The van der Waals surface area contributed by atoms with Gasteiger partial charge in [0.15, 0.2) is 0 Å².